The van der Waals surface area contributed by atoms with Crippen molar-refractivity contribution in [2.45, 2.75) is 44.3 Å². The highest BCUT2D eigenvalue weighted by Crippen LogP contribution is 2.41. The number of imidazole rings is 1. The number of aromatic nitrogens is 3. The maximum atomic E-state index is 14.0. The van der Waals surface area contributed by atoms with Crippen molar-refractivity contribution in [1.29, 1.82) is 0 Å². The van der Waals surface area contributed by atoms with Gasteiger partial charge in [0.05, 0.1) is 11.0 Å². The average molecular weight is 452 g/mol. The lowest BCUT2D eigenvalue weighted by molar-refractivity contribution is -0.139. The van der Waals surface area contributed by atoms with Crippen LogP contribution in [0.2, 0.25) is 5.02 Å². The number of fused-ring (bicyclic) bond motifs is 3. The van der Waals surface area contributed by atoms with Gasteiger partial charge >= 0.3 is 6.18 Å². The fourth-order valence-corrected chi connectivity index (χ4v) is 5.14. The Bertz CT molecular complexity index is 1100. The SMILES string of the molecule is FC(F)(F)c1nc2cc(Cl)ccc2c2c1nc(C1CCCC1)n2CCN1CCNCC1. The van der Waals surface area contributed by atoms with Crippen molar-refractivity contribution < 1.29 is 13.2 Å². The summed E-state index contributed by atoms with van der Waals surface area (Å²) in [5, 5.41) is 4.38. The summed E-state index contributed by atoms with van der Waals surface area (Å²) in [4.78, 5) is 10.9. The van der Waals surface area contributed by atoms with Crippen molar-refractivity contribution in [1.82, 2.24) is 24.8 Å². The molecular weight excluding hydrogens is 427 g/mol. The molecule has 5 nitrogen and oxygen atoms in total. The molecule has 2 aromatic heterocycles. The van der Waals surface area contributed by atoms with Gasteiger partial charge in [0.25, 0.3) is 0 Å². The molecule has 1 aliphatic carbocycles. The van der Waals surface area contributed by atoms with E-state index in [1.54, 1.807) is 12.1 Å². The van der Waals surface area contributed by atoms with Crippen LogP contribution in [0.15, 0.2) is 18.2 Å². The van der Waals surface area contributed by atoms with E-state index in [0.717, 1.165) is 64.2 Å². The van der Waals surface area contributed by atoms with Gasteiger partial charge in [-0.2, -0.15) is 13.2 Å². The number of piperazine rings is 1. The predicted molar refractivity (Wildman–Crippen MR) is 116 cm³/mol. The molecule has 0 unspecified atom stereocenters. The first-order chi connectivity index (χ1) is 14.9. The Hall–Kier alpha value is -1.90. The zero-order valence-electron chi connectivity index (χ0n) is 17.2. The zero-order valence-corrected chi connectivity index (χ0v) is 17.9. The molecule has 9 heteroatoms. The van der Waals surface area contributed by atoms with Crippen LogP contribution in [-0.2, 0) is 12.7 Å². The van der Waals surface area contributed by atoms with E-state index in [-0.39, 0.29) is 17.0 Å². The fraction of sp³-hybridized carbons (Fsp3) is 0.545. The second-order valence-corrected chi connectivity index (χ2v) is 8.95. The van der Waals surface area contributed by atoms with E-state index in [1.165, 1.54) is 6.07 Å². The van der Waals surface area contributed by atoms with Gasteiger partial charge in [-0.15, -0.1) is 0 Å². The third kappa shape index (κ3) is 4.01. The first-order valence-corrected chi connectivity index (χ1v) is 11.3. The smallest absolute Gasteiger partial charge is 0.326 e. The second kappa shape index (κ2) is 8.22. The van der Waals surface area contributed by atoms with Crippen molar-refractivity contribution in [2.75, 3.05) is 32.7 Å². The summed E-state index contributed by atoms with van der Waals surface area (Å²) >= 11 is 6.09. The van der Waals surface area contributed by atoms with Crippen LogP contribution in [0, 0.1) is 0 Å². The molecule has 1 aliphatic heterocycles. The lowest BCUT2D eigenvalue weighted by Crippen LogP contribution is -2.44. The molecule has 31 heavy (non-hydrogen) atoms. The van der Waals surface area contributed by atoms with Crippen molar-refractivity contribution >= 4 is 33.5 Å². The Morgan fingerprint density at radius 1 is 1.06 bits per heavy atom. The molecule has 1 N–H and O–H groups in total. The fourth-order valence-electron chi connectivity index (χ4n) is 4.98. The molecule has 0 atom stereocenters. The zero-order chi connectivity index (χ0) is 21.6. The van der Waals surface area contributed by atoms with Gasteiger partial charge in [-0.05, 0) is 31.0 Å². The van der Waals surface area contributed by atoms with Crippen LogP contribution in [0.4, 0.5) is 13.2 Å². The molecule has 2 aliphatic rings. The monoisotopic (exact) mass is 451 g/mol. The summed E-state index contributed by atoms with van der Waals surface area (Å²) in [5.74, 6) is 0.969. The molecule has 0 radical (unpaired) electrons. The van der Waals surface area contributed by atoms with Crippen LogP contribution in [0.5, 0.6) is 0 Å². The van der Waals surface area contributed by atoms with Crippen molar-refractivity contribution in [3.63, 3.8) is 0 Å². The van der Waals surface area contributed by atoms with Crippen LogP contribution >= 0.6 is 11.6 Å². The first kappa shape index (κ1) is 21.0. The Labute approximate surface area is 183 Å². The number of hydrogen-bond donors (Lipinski definition) is 1. The number of benzene rings is 1. The molecule has 5 rings (SSSR count). The van der Waals surface area contributed by atoms with Crippen molar-refractivity contribution in [3.05, 3.63) is 34.7 Å². The Morgan fingerprint density at radius 3 is 2.52 bits per heavy atom. The van der Waals surface area contributed by atoms with Crippen molar-refractivity contribution in [2.24, 2.45) is 0 Å². The predicted octanol–water partition coefficient (Wildman–Crippen LogP) is 4.82. The number of alkyl halides is 3. The molecule has 166 valence electrons. The average Bonchev–Trinajstić information content (AvgIpc) is 3.39. The van der Waals surface area contributed by atoms with E-state index in [2.05, 4.69) is 20.2 Å². The number of hydrogen-bond acceptors (Lipinski definition) is 4. The van der Waals surface area contributed by atoms with Crippen LogP contribution < -0.4 is 5.32 Å². The van der Waals surface area contributed by atoms with E-state index in [0.29, 0.717) is 22.5 Å². The van der Waals surface area contributed by atoms with Gasteiger partial charge in [-0.3, -0.25) is 4.90 Å². The molecule has 0 amide bonds. The number of nitrogens with one attached hydrogen (secondary N) is 1. The highest BCUT2D eigenvalue weighted by Gasteiger charge is 2.38. The normalized spacial score (nSPS) is 19.1. The quantitative estimate of drug-likeness (QED) is 0.617. The maximum Gasteiger partial charge on any atom is 0.435 e. The van der Waals surface area contributed by atoms with Gasteiger partial charge in [-0.1, -0.05) is 24.4 Å². The van der Waals surface area contributed by atoms with E-state index in [4.69, 9.17) is 11.6 Å². The first-order valence-electron chi connectivity index (χ1n) is 10.9. The van der Waals surface area contributed by atoms with Crippen molar-refractivity contribution in [3.8, 4) is 0 Å². The third-order valence-electron chi connectivity index (χ3n) is 6.51. The number of halogens is 4. The minimum Gasteiger partial charge on any atom is -0.326 e. The number of nitrogens with zero attached hydrogens (tertiary/aromatic N) is 4. The molecule has 1 saturated carbocycles. The number of pyridine rings is 1. The van der Waals surface area contributed by atoms with Crippen LogP contribution in [0.3, 0.4) is 0 Å². The summed E-state index contributed by atoms with van der Waals surface area (Å²) in [5.41, 5.74) is -0.165. The molecule has 0 bridgehead atoms. The molecule has 1 saturated heterocycles. The molecule has 0 spiro atoms. The maximum absolute atomic E-state index is 14.0. The third-order valence-corrected chi connectivity index (χ3v) is 6.74. The summed E-state index contributed by atoms with van der Waals surface area (Å²) in [6.45, 7) is 5.15. The molecule has 1 aromatic carbocycles. The van der Waals surface area contributed by atoms with Gasteiger partial charge in [-0.25, -0.2) is 9.97 Å². The standard InChI is InChI=1S/C22H25ClF3N5/c23-15-5-6-16-17(13-15)28-20(22(24,25)26)18-19(16)31(12-11-30-9-7-27-8-10-30)21(29-18)14-3-1-2-4-14/h5-6,13-14,27H,1-4,7-12H2. The lowest BCUT2D eigenvalue weighted by Gasteiger charge is -2.28. The van der Waals surface area contributed by atoms with Crippen LogP contribution in [0.25, 0.3) is 21.9 Å². The molecule has 3 heterocycles. The van der Waals surface area contributed by atoms with E-state index in [1.807, 2.05) is 4.57 Å². The van der Waals surface area contributed by atoms with Gasteiger partial charge in [0, 0.05) is 55.6 Å². The van der Waals surface area contributed by atoms with Gasteiger partial charge in [0.15, 0.2) is 5.69 Å². The Kier molecular flexibility index (Phi) is 5.56. The van der Waals surface area contributed by atoms with E-state index < -0.39 is 11.9 Å². The Morgan fingerprint density at radius 2 is 1.81 bits per heavy atom. The molecule has 2 fully saturated rings. The summed E-state index contributed by atoms with van der Waals surface area (Å²) in [6, 6.07) is 4.99. The van der Waals surface area contributed by atoms with Gasteiger partial charge < -0.3 is 9.88 Å². The van der Waals surface area contributed by atoms with E-state index >= 15 is 0 Å². The minimum atomic E-state index is -4.58. The van der Waals surface area contributed by atoms with Crippen LogP contribution in [-0.4, -0.2) is 52.2 Å². The largest absolute Gasteiger partial charge is 0.435 e. The summed E-state index contributed by atoms with van der Waals surface area (Å²) in [6.07, 6.45) is -0.469. The van der Waals surface area contributed by atoms with Gasteiger partial charge in [0.1, 0.15) is 11.3 Å². The highest BCUT2D eigenvalue weighted by molar-refractivity contribution is 6.31. The number of rotatable bonds is 4. The lowest BCUT2D eigenvalue weighted by atomic mass is 10.1. The highest BCUT2D eigenvalue weighted by atomic mass is 35.5. The summed E-state index contributed by atoms with van der Waals surface area (Å²) < 4.78 is 44.0. The topological polar surface area (TPSA) is 46.0 Å². The summed E-state index contributed by atoms with van der Waals surface area (Å²) in [7, 11) is 0. The Balaban J connectivity index is 1.71. The van der Waals surface area contributed by atoms with Crippen LogP contribution in [0.1, 0.15) is 43.1 Å². The van der Waals surface area contributed by atoms with E-state index in [9.17, 15) is 13.2 Å². The minimum absolute atomic E-state index is 0.0375. The molecular formula is C22H25ClF3N5. The van der Waals surface area contributed by atoms with Gasteiger partial charge in [0.2, 0.25) is 0 Å². The second-order valence-electron chi connectivity index (χ2n) is 8.51. The molecule has 3 aromatic rings.